The molecule has 1 atom stereocenters. The van der Waals surface area contributed by atoms with Crippen LogP contribution in [0.15, 0.2) is 60.0 Å². The lowest BCUT2D eigenvalue weighted by Crippen LogP contribution is -2.44. The van der Waals surface area contributed by atoms with Crippen LogP contribution in [0.5, 0.6) is 0 Å². The van der Waals surface area contributed by atoms with Crippen LogP contribution in [0.1, 0.15) is 24.8 Å². The molecule has 3 aromatic rings. The minimum atomic E-state index is -3.80. The molecule has 3 rings (SSSR count). The van der Waals surface area contributed by atoms with Crippen molar-refractivity contribution in [1.82, 2.24) is 15.0 Å². The van der Waals surface area contributed by atoms with Gasteiger partial charge in [0, 0.05) is 17.5 Å². The van der Waals surface area contributed by atoms with Gasteiger partial charge in [0.25, 0.3) is 10.2 Å². The summed E-state index contributed by atoms with van der Waals surface area (Å²) in [5, 5.41) is 12.2. The molecule has 1 heterocycles. The van der Waals surface area contributed by atoms with E-state index in [0.29, 0.717) is 29.2 Å². The topological polar surface area (TPSA) is 153 Å². The van der Waals surface area contributed by atoms with E-state index in [1.54, 1.807) is 29.6 Å². The maximum atomic E-state index is 13.2. The van der Waals surface area contributed by atoms with Crippen molar-refractivity contribution in [3.8, 4) is 11.3 Å². The zero-order chi connectivity index (χ0) is 26.0. The highest BCUT2D eigenvalue weighted by Gasteiger charge is 2.22. The van der Waals surface area contributed by atoms with Gasteiger partial charge in [0.1, 0.15) is 18.5 Å². The van der Waals surface area contributed by atoms with Crippen LogP contribution in [0.2, 0.25) is 0 Å². The van der Waals surface area contributed by atoms with E-state index >= 15 is 0 Å². The summed E-state index contributed by atoms with van der Waals surface area (Å²) in [6.07, 6.45) is 0.257. The minimum Gasteiger partial charge on any atom is -0.445 e. The van der Waals surface area contributed by atoms with Gasteiger partial charge in [-0.3, -0.25) is 4.79 Å². The number of rotatable bonds is 12. The molecule has 0 saturated carbocycles. The third kappa shape index (κ3) is 9.34. The molecule has 0 unspecified atom stereocenters. The van der Waals surface area contributed by atoms with Crippen molar-refractivity contribution in [3.05, 3.63) is 71.4 Å². The Hall–Kier alpha value is -3.39. The number of carbonyl (C=O) groups is 2. The molecule has 0 aliphatic heterocycles. The summed E-state index contributed by atoms with van der Waals surface area (Å²) in [4.78, 5) is 29.6. The number of hydrogen-bond donors (Lipinski definition) is 4. The average molecular weight is 536 g/mol. The van der Waals surface area contributed by atoms with E-state index in [0.717, 1.165) is 5.56 Å². The Morgan fingerprint density at radius 1 is 1.08 bits per heavy atom. The molecule has 36 heavy (non-hydrogen) atoms. The number of nitrogens with two attached hydrogens (primary N) is 1. The summed E-state index contributed by atoms with van der Waals surface area (Å²) in [6.45, 7) is 0.131. The van der Waals surface area contributed by atoms with E-state index in [-0.39, 0.29) is 25.4 Å². The van der Waals surface area contributed by atoms with Gasteiger partial charge in [0.05, 0.1) is 5.69 Å². The summed E-state index contributed by atoms with van der Waals surface area (Å²) >= 11 is 1.18. The van der Waals surface area contributed by atoms with E-state index in [4.69, 9.17) is 9.88 Å². The normalized spacial score (nSPS) is 12.1. The van der Waals surface area contributed by atoms with Crippen LogP contribution in [0.3, 0.4) is 0 Å². The smallest absolute Gasteiger partial charge is 0.408 e. The van der Waals surface area contributed by atoms with Crippen molar-refractivity contribution in [2.24, 2.45) is 5.14 Å². The number of aromatic nitrogens is 1. The van der Waals surface area contributed by atoms with Gasteiger partial charge in [0.15, 0.2) is 5.13 Å². The molecule has 0 aliphatic rings. The second-order valence-corrected chi connectivity index (χ2v) is 9.96. The number of amides is 2. The van der Waals surface area contributed by atoms with E-state index < -0.39 is 28.3 Å². The Labute approximate surface area is 212 Å². The first-order valence-electron chi connectivity index (χ1n) is 11.0. The van der Waals surface area contributed by atoms with Crippen LogP contribution in [0.25, 0.3) is 11.3 Å². The van der Waals surface area contributed by atoms with Crippen LogP contribution in [-0.2, 0) is 26.3 Å². The van der Waals surface area contributed by atoms with E-state index in [2.05, 4.69) is 20.3 Å². The predicted octanol–water partition coefficient (Wildman–Crippen LogP) is 3.15. The lowest BCUT2D eigenvalue weighted by atomic mass is 10.1. The van der Waals surface area contributed by atoms with Crippen LogP contribution in [0.4, 0.5) is 14.3 Å². The molecule has 0 saturated heterocycles. The van der Waals surface area contributed by atoms with Crippen LogP contribution in [0, 0.1) is 5.82 Å². The highest BCUT2D eigenvalue weighted by Crippen LogP contribution is 2.25. The quantitative estimate of drug-likeness (QED) is 0.262. The number of halogens is 1. The van der Waals surface area contributed by atoms with Crippen molar-refractivity contribution in [2.45, 2.75) is 31.9 Å². The number of alkyl carbamates (subject to hydrolysis) is 1. The molecule has 0 aliphatic carbocycles. The molecule has 0 fully saturated rings. The molecule has 0 bridgehead atoms. The molecule has 0 radical (unpaired) electrons. The number of hydrogen-bond acceptors (Lipinski definition) is 7. The summed E-state index contributed by atoms with van der Waals surface area (Å²) in [7, 11) is -3.80. The zero-order valence-electron chi connectivity index (χ0n) is 19.1. The SMILES string of the molecule is NS(=O)(=O)NCCCC[C@H](NC(=O)OCc1ccccc1)C(=O)Nc1nc(-c2ccc(F)cc2)cs1. The maximum Gasteiger partial charge on any atom is 0.408 e. The Morgan fingerprint density at radius 3 is 2.50 bits per heavy atom. The number of ether oxygens (including phenoxy) is 1. The van der Waals surface area contributed by atoms with Crippen molar-refractivity contribution >= 4 is 38.7 Å². The molecule has 10 nitrogen and oxygen atoms in total. The third-order valence-corrected chi connectivity index (χ3v) is 6.28. The lowest BCUT2D eigenvalue weighted by molar-refractivity contribution is -0.118. The highest BCUT2D eigenvalue weighted by molar-refractivity contribution is 7.87. The van der Waals surface area contributed by atoms with Gasteiger partial charge in [0.2, 0.25) is 5.91 Å². The largest absolute Gasteiger partial charge is 0.445 e. The Bertz CT molecular complexity index is 1250. The van der Waals surface area contributed by atoms with Gasteiger partial charge in [-0.15, -0.1) is 11.3 Å². The van der Waals surface area contributed by atoms with Gasteiger partial charge < -0.3 is 15.4 Å². The Morgan fingerprint density at radius 2 is 1.81 bits per heavy atom. The van der Waals surface area contributed by atoms with Crippen molar-refractivity contribution in [3.63, 3.8) is 0 Å². The number of anilines is 1. The summed E-state index contributed by atoms with van der Waals surface area (Å²) in [5.74, 6) is -0.874. The second kappa shape index (κ2) is 13.1. The van der Waals surface area contributed by atoms with Crippen LogP contribution >= 0.6 is 11.3 Å². The molecule has 2 aromatic carbocycles. The minimum absolute atomic E-state index is 0.0345. The fourth-order valence-corrected chi connectivity index (χ4v) is 4.29. The number of thiazole rings is 1. The van der Waals surface area contributed by atoms with Gasteiger partial charge in [-0.25, -0.2) is 24.0 Å². The van der Waals surface area contributed by atoms with E-state index in [1.807, 2.05) is 18.2 Å². The standard InChI is InChI=1S/C23H26FN5O5S2/c24-18-11-9-17(10-12-18)20-15-35-22(27-20)29-21(30)19(8-4-5-13-26-36(25,32)33)28-23(31)34-14-16-6-2-1-3-7-16/h1-3,6-7,9-12,15,19,26H,4-5,8,13-14H2,(H,28,31)(H2,25,32,33)(H,27,29,30)/t19-/m0/s1. The Balaban J connectivity index is 1.60. The molecule has 13 heteroatoms. The molecule has 5 N–H and O–H groups in total. The summed E-state index contributed by atoms with van der Waals surface area (Å²) in [5.41, 5.74) is 2.05. The second-order valence-electron chi connectivity index (χ2n) is 7.73. The molecule has 1 aromatic heterocycles. The molecular formula is C23H26FN5O5S2. The number of benzene rings is 2. The summed E-state index contributed by atoms with van der Waals surface area (Å²) in [6, 6.07) is 13.9. The fourth-order valence-electron chi connectivity index (χ4n) is 3.14. The van der Waals surface area contributed by atoms with Crippen molar-refractivity contribution < 1.29 is 27.1 Å². The molecule has 192 valence electrons. The first kappa shape index (κ1) is 27.2. The van der Waals surface area contributed by atoms with E-state index in [1.165, 1.54) is 23.5 Å². The average Bonchev–Trinajstić information content (AvgIpc) is 3.30. The lowest BCUT2D eigenvalue weighted by Gasteiger charge is -2.17. The highest BCUT2D eigenvalue weighted by atomic mass is 32.2. The fraction of sp³-hybridized carbons (Fsp3) is 0.261. The molecular weight excluding hydrogens is 509 g/mol. The first-order chi connectivity index (χ1) is 17.2. The first-order valence-corrected chi connectivity index (χ1v) is 13.4. The van der Waals surface area contributed by atoms with Crippen LogP contribution < -0.4 is 20.5 Å². The number of carbonyl (C=O) groups excluding carboxylic acids is 2. The summed E-state index contributed by atoms with van der Waals surface area (Å²) < 4.78 is 42.6. The maximum absolute atomic E-state index is 13.2. The van der Waals surface area contributed by atoms with Gasteiger partial charge >= 0.3 is 6.09 Å². The third-order valence-electron chi connectivity index (χ3n) is 4.92. The van der Waals surface area contributed by atoms with Gasteiger partial charge in [-0.1, -0.05) is 30.3 Å². The van der Waals surface area contributed by atoms with Gasteiger partial charge in [-0.05, 0) is 49.1 Å². The van der Waals surface area contributed by atoms with E-state index in [9.17, 15) is 22.4 Å². The van der Waals surface area contributed by atoms with Gasteiger partial charge in [-0.2, -0.15) is 8.42 Å². The predicted molar refractivity (Wildman–Crippen MR) is 135 cm³/mol. The number of unbranched alkanes of at least 4 members (excludes halogenated alkanes) is 1. The molecule has 0 spiro atoms. The monoisotopic (exact) mass is 535 g/mol. The zero-order valence-corrected chi connectivity index (χ0v) is 20.8. The van der Waals surface area contributed by atoms with Crippen molar-refractivity contribution in [2.75, 3.05) is 11.9 Å². The molecule has 2 amide bonds. The number of nitrogens with zero attached hydrogens (tertiary/aromatic N) is 1. The van der Waals surface area contributed by atoms with Crippen molar-refractivity contribution in [1.29, 1.82) is 0 Å². The van der Waals surface area contributed by atoms with Crippen LogP contribution in [-0.4, -0.2) is 38.0 Å². The Kier molecular flexibility index (Phi) is 9.87. The number of nitrogens with one attached hydrogen (secondary N) is 3.